The predicted octanol–water partition coefficient (Wildman–Crippen LogP) is 5.98. The molecule has 7 heteroatoms. The van der Waals surface area contributed by atoms with Crippen molar-refractivity contribution in [3.05, 3.63) is 143 Å². The molecule has 3 aromatic carbocycles. The number of rotatable bonds is 5. The van der Waals surface area contributed by atoms with Gasteiger partial charge in [-0.25, -0.2) is 14.7 Å². The third-order valence-corrected chi connectivity index (χ3v) is 5.92. The number of nitrogens with one attached hydrogen (secondary N) is 1. The lowest BCUT2D eigenvalue weighted by Gasteiger charge is -2.17. The van der Waals surface area contributed by atoms with Crippen LogP contribution in [-0.4, -0.2) is 25.6 Å². The number of hydrogen-bond acceptors (Lipinski definition) is 5. The molecule has 0 amide bonds. The first-order valence-corrected chi connectivity index (χ1v) is 12.1. The fourth-order valence-corrected chi connectivity index (χ4v) is 4.09. The van der Waals surface area contributed by atoms with Crippen molar-refractivity contribution < 1.29 is 0 Å². The van der Waals surface area contributed by atoms with Gasteiger partial charge >= 0.3 is 0 Å². The molecule has 0 fully saturated rings. The van der Waals surface area contributed by atoms with E-state index in [0.29, 0.717) is 34.4 Å². The van der Waals surface area contributed by atoms with E-state index >= 15 is 0 Å². The van der Waals surface area contributed by atoms with Crippen molar-refractivity contribution in [1.29, 1.82) is 0 Å². The number of nitrogens with zero attached hydrogens (tertiary/aromatic N) is 5. The van der Waals surface area contributed by atoms with Crippen LogP contribution in [0.25, 0.3) is 28.5 Å². The van der Waals surface area contributed by atoms with E-state index in [1.165, 1.54) is 0 Å². The number of anilines is 1. The molecule has 6 rings (SSSR count). The van der Waals surface area contributed by atoms with Gasteiger partial charge in [-0.1, -0.05) is 72.8 Å². The van der Waals surface area contributed by atoms with Crippen molar-refractivity contribution in [2.45, 2.75) is 0 Å². The summed E-state index contributed by atoms with van der Waals surface area (Å²) >= 11 is 0. The zero-order valence-corrected chi connectivity index (χ0v) is 20.3. The molecule has 0 saturated heterocycles. The molecule has 0 unspecified atom stereocenters. The summed E-state index contributed by atoms with van der Waals surface area (Å²) in [6, 6.07) is 37.9. The number of aromatic nitrogens is 4. The quantitative estimate of drug-likeness (QED) is 0.235. The Balaban J connectivity index is 1.51. The van der Waals surface area contributed by atoms with E-state index < -0.39 is 0 Å². The summed E-state index contributed by atoms with van der Waals surface area (Å²) in [6.07, 6.45) is 1.69. The lowest BCUT2D eigenvalue weighted by Crippen LogP contribution is -2.22. The molecule has 182 valence electrons. The summed E-state index contributed by atoms with van der Waals surface area (Å²) in [5.74, 6) is 1.01. The van der Waals surface area contributed by atoms with Gasteiger partial charge in [-0.2, -0.15) is 0 Å². The number of pyridine rings is 1. The topological polar surface area (TPSA) is 85.1 Å². The fraction of sp³-hybridized carbons (Fsp3) is 0. The second-order valence-corrected chi connectivity index (χ2v) is 8.52. The largest absolute Gasteiger partial charge is 0.335 e. The summed E-state index contributed by atoms with van der Waals surface area (Å²) in [4.78, 5) is 27.4. The van der Waals surface area contributed by atoms with E-state index in [1.807, 2.05) is 109 Å². The maximum absolute atomic E-state index is 13.4. The van der Waals surface area contributed by atoms with Crippen LogP contribution in [0.1, 0.15) is 5.69 Å². The normalized spacial score (nSPS) is 11.4. The van der Waals surface area contributed by atoms with Crippen molar-refractivity contribution in [3.8, 4) is 28.5 Å². The molecular formula is C31H22N6O. The van der Waals surface area contributed by atoms with Gasteiger partial charge in [0.15, 0.2) is 11.7 Å². The maximum atomic E-state index is 13.4. The number of para-hydroxylation sites is 2. The molecule has 0 bridgehead atoms. The summed E-state index contributed by atoms with van der Waals surface area (Å²) in [5.41, 5.74) is 4.41. The second kappa shape index (κ2) is 10.3. The Labute approximate surface area is 219 Å². The van der Waals surface area contributed by atoms with E-state index in [1.54, 1.807) is 23.0 Å². The Morgan fingerprint density at radius 1 is 0.763 bits per heavy atom. The molecule has 7 nitrogen and oxygen atoms in total. The first-order chi connectivity index (χ1) is 18.7. The highest BCUT2D eigenvalue weighted by atomic mass is 16.1. The lowest BCUT2D eigenvalue weighted by molar-refractivity contribution is 0.828. The van der Waals surface area contributed by atoms with E-state index in [2.05, 4.69) is 10.3 Å². The number of hydrogen-bond donors (Lipinski definition) is 1. The van der Waals surface area contributed by atoms with Gasteiger partial charge in [-0.15, -0.1) is 5.10 Å². The van der Waals surface area contributed by atoms with E-state index in [-0.39, 0.29) is 5.43 Å². The lowest BCUT2D eigenvalue weighted by atomic mass is 10.1. The molecule has 1 aliphatic carbocycles. The van der Waals surface area contributed by atoms with Gasteiger partial charge in [0.1, 0.15) is 5.69 Å². The van der Waals surface area contributed by atoms with Gasteiger partial charge in [0.05, 0.1) is 28.5 Å². The van der Waals surface area contributed by atoms with Crippen molar-refractivity contribution in [3.63, 3.8) is 0 Å². The first-order valence-electron chi connectivity index (χ1n) is 12.1. The molecule has 2 heterocycles. The van der Waals surface area contributed by atoms with Crippen LogP contribution in [0.15, 0.2) is 137 Å². The highest BCUT2D eigenvalue weighted by molar-refractivity contribution is 6.08. The van der Waals surface area contributed by atoms with Crippen LogP contribution in [0.2, 0.25) is 0 Å². The minimum atomic E-state index is -0.213. The van der Waals surface area contributed by atoms with Crippen LogP contribution in [0.5, 0.6) is 0 Å². The molecule has 38 heavy (non-hydrogen) atoms. The molecule has 0 saturated carbocycles. The van der Waals surface area contributed by atoms with Crippen molar-refractivity contribution in [2.24, 2.45) is 4.99 Å². The predicted molar refractivity (Wildman–Crippen MR) is 150 cm³/mol. The number of benzene rings is 4. The highest BCUT2D eigenvalue weighted by Gasteiger charge is 2.18. The summed E-state index contributed by atoms with van der Waals surface area (Å²) in [7, 11) is 0. The van der Waals surface area contributed by atoms with Gasteiger partial charge in [0.25, 0.3) is 0 Å². The van der Waals surface area contributed by atoms with E-state index in [9.17, 15) is 4.79 Å². The van der Waals surface area contributed by atoms with E-state index in [4.69, 9.17) is 15.1 Å². The minimum absolute atomic E-state index is 0.213. The monoisotopic (exact) mass is 494 g/mol. The standard InChI is InChI=1S/C31H22N6O/c38-29-21-28-26(34-30(22-12-4-1-5-13-22)36-37(28)24-16-8-3-9-17-24)20-27(29)35-31(25-18-10-11-19-32-25)33-23-14-6-2-7-15-23/h1-21H,(H,33,35). The number of aliphatic imine (C=N–C) groups is 1. The molecule has 2 aliphatic rings. The van der Waals surface area contributed by atoms with Crippen molar-refractivity contribution in [1.82, 2.24) is 19.7 Å². The molecular weight excluding hydrogens is 472 g/mol. The Bertz CT molecular complexity index is 1730. The van der Waals surface area contributed by atoms with Crippen LogP contribution in [0.3, 0.4) is 0 Å². The van der Waals surface area contributed by atoms with Crippen LogP contribution >= 0.6 is 0 Å². The molecule has 1 N–H and O–H groups in total. The fourth-order valence-electron chi connectivity index (χ4n) is 4.09. The van der Waals surface area contributed by atoms with Crippen LogP contribution in [-0.2, 0) is 0 Å². The van der Waals surface area contributed by atoms with Crippen LogP contribution in [0, 0.1) is 0 Å². The van der Waals surface area contributed by atoms with Gasteiger partial charge in [0.2, 0.25) is 5.43 Å². The third-order valence-electron chi connectivity index (χ3n) is 5.92. The zero-order valence-electron chi connectivity index (χ0n) is 20.3. The average Bonchev–Trinajstić information content (AvgIpc) is 2.98. The second-order valence-electron chi connectivity index (χ2n) is 8.52. The number of fused-ring (bicyclic) bond motifs is 1. The highest BCUT2D eigenvalue weighted by Crippen LogP contribution is 2.27. The Morgan fingerprint density at radius 3 is 2.16 bits per heavy atom. The molecule has 1 aliphatic heterocycles. The Hall–Kier alpha value is -5.43. The Kier molecular flexibility index (Phi) is 6.22. The summed E-state index contributed by atoms with van der Waals surface area (Å²) in [5, 5.41) is 8.02. The molecule has 4 aromatic rings. The Morgan fingerprint density at radius 2 is 1.45 bits per heavy atom. The third kappa shape index (κ3) is 4.81. The first kappa shape index (κ1) is 23.0. The van der Waals surface area contributed by atoms with Crippen molar-refractivity contribution in [2.75, 3.05) is 5.32 Å². The molecule has 0 spiro atoms. The zero-order chi connectivity index (χ0) is 25.7. The SMILES string of the molecule is O=c1cc2n(-c3ccccc3)nc(-c3ccccc3)nc-2cc1NC(=Nc1ccccc1)c1ccccn1. The molecule has 0 radical (unpaired) electrons. The van der Waals surface area contributed by atoms with Gasteiger partial charge in [0, 0.05) is 17.8 Å². The molecule has 1 aromatic heterocycles. The average molecular weight is 495 g/mol. The van der Waals surface area contributed by atoms with Crippen molar-refractivity contribution >= 4 is 17.2 Å². The maximum Gasteiger partial charge on any atom is 0.204 e. The van der Waals surface area contributed by atoms with Crippen LogP contribution < -0.4 is 10.7 Å². The van der Waals surface area contributed by atoms with E-state index in [0.717, 1.165) is 16.9 Å². The van der Waals surface area contributed by atoms with Gasteiger partial charge in [-0.3, -0.25) is 9.78 Å². The van der Waals surface area contributed by atoms with Gasteiger partial charge in [-0.05, 0) is 42.5 Å². The van der Waals surface area contributed by atoms with Crippen LogP contribution in [0.4, 0.5) is 11.4 Å². The molecule has 0 atom stereocenters. The summed E-state index contributed by atoms with van der Waals surface area (Å²) < 4.78 is 1.76. The number of amidine groups is 1. The minimum Gasteiger partial charge on any atom is -0.335 e. The summed E-state index contributed by atoms with van der Waals surface area (Å²) in [6.45, 7) is 0. The smallest absolute Gasteiger partial charge is 0.204 e. The van der Waals surface area contributed by atoms with Gasteiger partial charge < -0.3 is 5.32 Å².